The molecule has 98 valence electrons. The number of nitrogen functional groups attached to an aromatic ring is 1. The van der Waals surface area contributed by atoms with Crippen molar-refractivity contribution in [3.05, 3.63) is 29.6 Å². The summed E-state index contributed by atoms with van der Waals surface area (Å²) in [6.45, 7) is 0.614. The van der Waals surface area contributed by atoms with Crippen molar-refractivity contribution in [3.63, 3.8) is 0 Å². The number of carbonyl (C=O) groups excluding carboxylic acids is 1. The van der Waals surface area contributed by atoms with Gasteiger partial charge < -0.3 is 11.1 Å². The molecular weight excluding hydrogens is 251 g/mol. The van der Waals surface area contributed by atoms with Crippen molar-refractivity contribution in [1.82, 2.24) is 5.32 Å². The monoisotopic (exact) mass is 268 g/mol. The molecule has 5 heteroatoms. The van der Waals surface area contributed by atoms with Crippen molar-refractivity contribution in [2.24, 2.45) is 0 Å². The van der Waals surface area contributed by atoms with Gasteiger partial charge in [0.25, 0.3) is 5.91 Å². The zero-order valence-corrected chi connectivity index (χ0v) is 11.1. The van der Waals surface area contributed by atoms with E-state index in [9.17, 15) is 9.18 Å². The molecule has 0 spiro atoms. The Balaban J connectivity index is 2.02. The number of halogens is 1. The number of rotatable bonds is 4. The van der Waals surface area contributed by atoms with Crippen LogP contribution in [-0.2, 0) is 0 Å². The van der Waals surface area contributed by atoms with Gasteiger partial charge in [0.1, 0.15) is 5.82 Å². The van der Waals surface area contributed by atoms with Crippen molar-refractivity contribution in [2.75, 3.05) is 18.5 Å². The summed E-state index contributed by atoms with van der Waals surface area (Å²) < 4.78 is 13.4. The van der Waals surface area contributed by atoms with Crippen LogP contribution in [-0.4, -0.2) is 23.5 Å². The third-order valence-electron chi connectivity index (χ3n) is 3.57. The first kappa shape index (κ1) is 13.2. The highest BCUT2D eigenvalue weighted by Crippen LogP contribution is 2.42. The van der Waals surface area contributed by atoms with Gasteiger partial charge in [0.2, 0.25) is 0 Å². The van der Waals surface area contributed by atoms with Crippen LogP contribution in [0.3, 0.4) is 0 Å². The molecule has 1 amide bonds. The first-order valence-electron chi connectivity index (χ1n) is 5.95. The lowest BCUT2D eigenvalue weighted by atomic mass is 9.84. The molecule has 1 aromatic carbocycles. The second-order valence-electron chi connectivity index (χ2n) is 4.62. The Morgan fingerprint density at radius 1 is 1.56 bits per heavy atom. The van der Waals surface area contributed by atoms with Crippen LogP contribution in [0.5, 0.6) is 0 Å². The Bertz CT molecular complexity index is 455. The predicted molar refractivity (Wildman–Crippen MR) is 73.2 cm³/mol. The SMILES string of the molecule is CSC1(CNC(=O)c2cccc(F)c2N)CCC1. The van der Waals surface area contributed by atoms with Crippen LogP contribution in [0, 0.1) is 5.82 Å². The summed E-state index contributed by atoms with van der Waals surface area (Å²) in [5.74, 6) is -0.849. The summed E-state index contributed by atoms with van der Waals surface area (Å²) in [7, 11) is 0. The Labute approximate surface area is 110 Å². The minimum absolute atomic E-state index is 0.0817. The molecule has 0 aliphatic heterocycles. The van der Waals surface area contributed by atoms with Crippen LogP contribution in [0.2, 0.25) is 0 Å². The predicted octanol–water partition coefficient (Wildman–Crippen LogP) is 2.42. The number of hydrogen-bond donors (Lipinski definition) is 2. The van der Waals surface area contributed by atoms with Crippen molar-refractivity contribution in [3.8, 4) is 0 Å². The number of hydrogen-bond acceptors (Lipinski definition) is 3. The summed E-state index contributed by atoms with van der Waals surface area (Å²) in [5, 5.41) is 2.85. The van der Waals surface area contributed by atoms with Crippen molar-refractivity contribution in [1.29, 1.82) is 0 Å². The van der Waals surface area contributed by atoms with Gasteiger partial charge in [0, 0.05) is 11.3 Å². The topological polar surface area (TPSA) is 55.1 Å². The van der Waals surface area contributed by atoms with Gasteiger partial charge in [-0.25, -0.2) is 4.39 Å². The number of nitrogens with two attached hydrogens (primary N) is 1. The summed E-state index contributed by atoms with van der Waals surface area (Å²) in [4.78, 5) is 12.0. The minimum atomic E-state index is -0.550. The first-order valence-corrected chi connectivity index (χ1v) is 7.18. The second-order valence-corrected chi connectivity index (χ2v) is 5.90. The minimum Gasteiger partial charge on any atom is -0.396 e. The van der Waals surface area contributed by atoms with Crippen LogP contribution in [0.1, 0.15) is 29.6 Å². The van der Waals surface area contributed by atoms with Crippen LogP contribution < -0.4 is 11.1 Å². The van der Waals surface area contributed by atoms with Crippen molar-refractivity contribution in [2.45, 2.75) is 24.0 Å². The number of thioether (sulfide) groups is 1. The van der Waals surface area contributed by atoms with E-state index in [1.807, 2.05) is 0 Å². The number of para-hydroxylation sites is 1. The third-order valence-corrected chi connectivity index (χ3v) is 4.99. The van der Waals surface area contributed by atoms with Gasteiger partial charge in [-0.3, -0.25) is 4.79 Å². The van der Waals surface area contributed by atoms with Gasteiger partial charge in [-0.1, -0.05) is 12.5 Å². The molecule has 1 aliphatic carbocycles. The van der Waals surface area contributed by atoms with E-state index < -0.39 is 5.82 Å². The fraction of sp³-hybridized carbons (Fsp3) is 0.462. The molecular formula is C13H17FN2OS. The first-order chi connectivity index (χ1) is 8.58. The van der Waals surface area contributed by atoms with Crippen molar-refractivity contribution < 1.29 is 9.18 Å². The van der Waals surface area contributed by atoms with E-state index in [4.69, 9.17) is 5.73 Å². The quantitative estimate of drug-likeness (QED) is 0.825. The standard InChI is InChI=1S/C13H17FN2OS/c1-18-13(6-3-7-13)8-16-12(17)9-4-2-5-10(14)11(9)15/h2,4-5H,3,6-8,15H2,1H3,(H,16,17). The fourth-order valence-electron chi connectivity index (χ4n) is 2.10. The highest BCUT2D eigenvalue weighted by Gasteiger charge is 2.36. The normalized spacial score (nSPS) is 17.0. The van der Waals surface area contributed by atoms with Gasteiger partial charge in [-0.05, 0) is 31.2 Å². The lowest BCUT2D eigenvalue weighted by Gasteiger charge is -2.40. The van der Waals surface area contributed by atoms with E-state index in [0.29, 0.717) is 6.54 Å². The van der Waals surface area contributed by atoms with E-state index in [2.05, 4.69) is 11.6 Å². The van der Waals surface area contributed by atoms with E-state index >= 15 is 0 Å². The summed E-state index contributed by atoms with van der Waals surface area (Å²) in [6.07, 6.45) is 5.50. The lowest BCUT2D eigenvalue weighted by Crippen LogP contribution is -2.45. The molecule has 0 radical (unpaired) electrons. The zero-order chi connectivity index (χ0) is 13.2. The molecule has 0 atom stereocenters. The summed E-state index contributed by atoms with van der Waals surface area (Å²) in [5.41, 5.74) is 5.69. The third kappa shape index (κ3) is 2.46. The maximum Gasteiger partial charge on any atom is 0.253 e. The largest absolute Gasteiger partial charge is 0.396 e. The Morgan fingerprint density at radius 2 is 2.28 bits per heavy atom. The molecule has 0 bridgehead atoms. The molecule has 0 heterocycles. The molecule has 18 heavy (non-hydrogen) atoms. The summed E-state index contributed by atoms with van der Waals surface area (Å²) in [6, 6.07) is 4.29. The molecule has 1 fully saturated rings. The molecule has 1 aromatic rings. The molecule has 3 nitrogen and oxygen atoms in total. The molecule has 0 aromatic heterocycles. The van der Waals surface area contributed by atoms with E-state index in [1.165, 1.54) is 18.6 Å². The maximum atomic E-state index is 13.2. The van der Waals surface area contributed by atoms with E-state index in [1.54, 1.807) is 17.8 Å². The Kier molecular flexibility index (Phi) is 3.80. The van der Waals surface area contributed by atoms with Gasteiger partial charge in [0.05, 0.1) is 11.3 Å². The number of benzene rings is 1. The van der Waals surface area contributed by atoms with Gasteiger partial charge in [0.15, 0.2) is 0 Å². The Hall–Kier alpha value is -1.23. The van der Waals surface area contributed by atoms with Crippen LogP contribution in [0.15, 0.2) is 18.2 Å². The molecule has 0 saturated heterocycles. The summed E-state index contributed by atoms with van der Waals surface area (Å²) >= 11 is 1.78. The number of nitrogens with one attached hydrogen (secondary N) is 1. The molecule has 1 aliphatic rings. The second kappa shape index (κ2) is 5.18. The number of amides is 1. The van der Waals surface area contributed by atoms with Crippen molar-refractivity contribution >= 4 is 23.4 Å². The van der Waals surface area contributed by atoms with Crippen LogP contribution in [0.25, 0.3) is 0 Å². The average Bonchev–Trinajstić information content (AvgIpc) is 2.31. The molecule has 0 unspecified atom stereocenters. The Morgan fingerprint density at radius 3 is 2.83 bits per heavy atom. The molecule has 2 rings (SSSR count). The zero-order valence-electron chi connectivity index (χ0n) is 10.3. The number of anilines is 1. The fourth-order valence-corrected chi connectivity index (χ4v) is 3.01. The van der Waals surface area contributed by atoms with Crippen LogP contribution in [0.4, 0.5) is 10.1 Å². The number of carbonyl (C=O) groups is 1. The van der Waals surface area contributed by atoms with E-state index in [0.717, 1.165) is 12.8 Å². The molecule has 1 saturated carbocycles. The van der Waals surface area contributed by atoms with Gasteiger partial charge in [-0.2, -0.15) is 11.8 Å². The lowest BCUT2D eigenvalue weighted by molar-refractivity contribution is 0.0944. The maximum absolute atomic E-state index is 13.2. The van der Waals surface area contributed by atoms with Gasteiger partial charge in [-0.15, -0.1) is 0 Å². The van der Waals surface area contributed by atoms with Gasteiger partial charge >= 0.3 is 0 Å². The van der Waals surface area contributed by atoms with Crippen LogP contribution >= 0.6 is 11.8 Å². The highest BCUT2D eigenvalue weighted by molar-refractivity contribution is 8.00. The van der Waals surface area contributed by atoms with E-state index in [-0.39, 0.29) is 21.9 Å². The smallest absolute Gasteiger partial charge is 0.253 e. The molecule has 3 N–H and O–H groups in total. The average molecular weight is 268 g/mol. The highest BCUT2D eigenvalue weighted by atomic mass is 32.2.